The summed E-state index contributed by atoms with van der Waals surface area (Å²) < 4.78 is 1.74. The van der Waals surface area contributed by atoms with E-state index in [-0.39, 0.29) is 5.56 Å². The lowest BCUT2D eigenvalue weighted by Gasteiger charge is -2.05. The van der Waals surface area contributed by atoms with Gasteiger partial charge in [-0.05, 0) is 37.8 Å². The molecule has 0 fully saturated rings. The molecule has 0 unspecified atom stereocenters. The summed E-state index contributed by atoms with van der Waals surface area (Å²) >= 11 is 1.60. The fraction of sp³-hybridized carbons (Fsp3) is 0.294. The van der Waals surface area contributed by atoms with E-state index in [1.807, 2.05) is 32.0 Å². The average Bonchev–Trinajstić information content (AvgIpc) is 2.78. The lowest BCUT2D eigenvalue weighted by atomic mass is 10.1. The average molecular weight is 298 g/mol. The molecule has 0 aliphatic rings. The van der Waals surface area contributed by atoms with Gasteiger partial charge in [-0.25, -0.2) is 4.98 Å². The lowest BCUT2D eigenvalue weighted by molar-refractivity contribution is 0.617. The summed E-state index contributed by atoms with van der Waals surface area (Å²) in [5.74, 6) is 0. The largest absolute Gasteiger partial charge is 0.299 e. The fourth-order valence-corrected chi connectivity index (χ4v) is 3.51. The van der Waals surface area contributed by atoms with E-state index in [1.54, 1.807) is 22.2 Å². The second-order valence-electron chi connectivity index (χ2n) is 5.30. The molecule has 0 atom stereocenters. The van der Waals surface area contributed by atoms with Gasteiger partial charge in [0.15, 0.2) is 0 Å². The number of rotatable bonds is 4. The van der Waals surface area contributed by atoms with Gasteiger partial charge in [-0.1, -0.05) is 30.3 Å². The maximum atomic E-state index is 12.5. The van der Waals surface area contributed by atoms with Crippen LogP contribution in [0, 0.1) is 13.8 Å². The molecule has 2 heterocycles. The Bertz CT molecular complexity index is 818. The van der Waals surface area contributed by atoms with Crippen molar-refractivity contribution < 1.29 is 0 Å². The number of benzene rings is 1. The highest BCUT2D eigenvalue weighted by molar-refractivity contribution is 7.18. The number of nitrogens with zero attached hydrogens (tertiary/aromatic N) is 2. The molecule has 0 bridgehead atoms. The first-order chi connectivity index (χ1) is 10.2. The number of thiophene rings is 1. The molecule has 108 valence electrons. The van der Waals surface area contributed by atoms with E-state index < -0.39 is 0 Å². The van der Waals surface area contributed by atoms with Crippen molar-refractivity contribution >= 4 is 21.6 Å². The zero-order valence-corrected chi connectivity index (χ0v) is 13.1. The van der Waals surface area contributed by atoms with Crippen LogP contribution in [0.5, 0.6) is 0 Å². The Morgan fingerprint density at radius 1 is 1.19 bits per heavy atom. The zero-order chi connectivity index (χ0) is 14.8. The predicted octanol–water partition coefficient (Wildman–Crippen LogP) is 3.71. The molecule has 0 saturated heterocycles. The van der Waals surface area contributed by atoms with Crippen molar-refractivity contribution in [1.82, 2.24) is 9.55 Å². The second-order valence-corrected chi connectivity index (χ2v) is 6.50. The Labute approximate surface area is 127 Å². The van der Waals surface area contributed by atoms with Crippen LogP contribution in [0.25, 0.3) is 10.2 Å². The van der Waals surface area contributed by atoms with Gasteiger partial charge in [0.2, 0.25) is 0 Å². The molecule has 3 rings (SSSR count). The Kier molecular flexibility index (Phi) is 3.88. The first-order valence-electron chi connectivity index (χ1n) is 7.16. The predicted molar refractivity (Wildman–Crippen MR) is 88.1 cm³/mol. The van der Waals surface area contributed by atoms with Crippen molar-refractivity contribution in [3.8, 4) is 0 Å². The van der Waals surface area contributed by atoms with Gasteiger partial charge in [-0.15, -0.1) is 11.3 Å². The van der Waals surface area contributed by atoms with Gasteiger partial charge in [0.1, 0.15) is 4.83 Å². The Morgan fingerprint density at radius 3 is 2.71 bits per heavy atom. The Morgan fingerprint density at radius 2 is 1.95 bits per heavy atom. The van der Waals surface area contributed by atoms with Crippen molar-refractivity contribution in [2.24, 2.45) is 0 Å². The molecule has 0 spiro atoms. The molecule has 0 N–H and O–H groups in total. The summed E-state index contributed by atoms with van der Waals surface area (Å²) in [4.78, 5) is 19.0. The number of fused-ring (bicyclic) bond motifs is 1. The van der Waals surface area contributed by atoms with E-state index in [4.69, 9.17) is 0 Å². The highest BCUT2D eigenvalue weighted by Gasteiger charge is 2.11. The van der Waals surface area contributed by atoms with Crippen LogP contribution in [-0.2, 0) is 13.0 Å². The summed E-state index contributed by atoms with van der Waals surface area (Å²) in [5.41, 5.74) is 2.47. The fourth-order valence-electron chi connectivity index (χ4n) is 2.53. The highest BCUT2D eigenvalue weighted by Crippen LogP contribution is 2.25. The maximum Gasteiger partial charge on any atom is 0.262 e. The molecule has 2 aromatic heterocycles. The van der Waals surface area contributed by atoms with Crippen molar-refractivity contribution in [3.63, 3.8) is 0 Å². The first-order valence-corrected chi connectivity index (χ1v) is 7.97. The van der Waals surface area contributed by atoms with Gasteiger partial charge in [-0.2, -0.15) is 0 Å². The molecule has 0 radical (unpaired) electrons. The van der Waals surface area contributed by atoms with E-state index in [0.717, 1.165) is 28.6 Å². The normalized spacial score (nSPS) is 11.1. The molecule has 21 heavy (non-hydrogen) atoms. The number of aryl methyl sites for hydroxylation is 4. The molecule has 0 aliphatic heterocycles. The summed E-state index contributed by atoms with van der Waals surface area (Å²) in [5, 5.41) is 0.791. The van der Waals surface area contributed by atoms with E-state index in [0.29, 0.717) is 6.54 Å². The van der Waals surface area contributed by atoms with Crippen molar-refractivity contribution in [2.45, 2.75) is 33.2 Å². The smallest absolute Gasteiger partial charge is 0.262 e. The topological polar surface area (TPSA) is 34.9 Å². The van der Waals surface area contributed by atoms with Crippen molar-refractivity contribution in [3.05, 3.63) is 63.0 Å². The van der Waals surface area contributed by atoms with Gasteiger partial charge in [0.25, 0.3) is 5.56 Å². The number of aromatic nitrogens is 2. The Balaban J connectivity index is 1.80. The molecule has 4 heteroatoms. The minimum absolute atomic E-state index is 0.0925. The molecular formula is C17H18N2OS. The van der Waals surface area contributed by atoms with Crippen LogP contribution >= 0.6 is 11.3 Å². The Hall–Kier alpha value is -1.94. The standard InChI is InChI=1S/C17H18N2OS/c1-12-13(2)21-16-15(12)17(20)19(11-18-16)10-6-9-14-7-4-3-5-8-14/h3-5,7-8,11H,6,9-10H2,1-2H3. The molecule has 0 amide bonds. The monoisotopic (exact) mass is 298 g/mol. The van der Waals surface area contributed by atoms with E-state index in [9.17, 15) is 4.79 Å². The summed E-state index contributed by atoms with van der Waals surface area (Å²) in [6.07, 6.45) is 3.61. The van der Waals surface area contributed by atoms with Gasteiger partial charge in [0, 0.05) is 11.4 Å². The van der Waals surface area contributed by atoms with E-state index >= 15 is 0 Å². The van der Waals surface area contributed by atoms with E-state index in [1.165, 1.54) is 10.4 Å². The van der Waals surface area contributed by atoms with Crippen LogP contribution in [0.2, 0.25) is 0 Å². The van der Waals surface area contributed by atoms with Crippen molar-refractivity contribution in [1.29, 1.82) is 0 Å². The van der Waals surface area contributed by atoms with Crippen LogP contribution in [-0.4, -0.2) is 9.55 Å². The third-order valence-corrected chi connectivity index (χ3v) is 4.98. The molecule has 0 saturated carbocycles. The number of hydrogen-bond donors (Lipinski definition) is 0. The van der Waals surface area contributed by atoms with Gasteiger partial charge in [0.05, 0.1) is 11.7 Å². The highest BCUT2D eigenvalue weighted by atomic mass is 32.1. The second kappa shape index (κ2) is 5.82. The first kappa shape index (κ1) is 14.0. The van der Waals surface area contributed by atoms with Crippen LogP contribution < -0.4 is 5.56 Å². The number of hydrogen-bond acceptors (Lipinski definition) is 3. The van der Waals surface area contributed by atoms with Crippen LogP contribution in [0.4, 0.5) is 0 Å². The molecular weight excluding hydrogens is 280 g/mol. The molecule has 3 nitrogen and oxygen atoms in total. The lowest BCUT2D eigenvalue weighted by Crippen LogP contribution is -2.20. The third-order valence-electron chi connectivity index (χ3n) is 3.86. The third kappa shape index (κ3) is 2.76. The summed E-state index contributed by atoms with van der Waals surface area (Å²) in [6.45, 7) is 4.76. The minimum Gasteiger partial charge on any atom is -0.299 e. The minimum atomic E-state index is 0.0925. The van der Waals surface area contributed by atoms with Gasteiger partial charge < -0.3 is 0 Å². The zero-order valence-electron chi connectivity index (χ0n) is 12.3. The van der Waals surface area contributed by atoms with E-state index in [2.05, 4.69) is 17.1 Å². The summed E-state index contributed by atoms with van der Waals surface area (Å²) in [7, 11) is 0. The van der Waals surface area contributed by atoms with Gasteiger partial charge in [-0.3, -0.25) is 9.36 Å². The van der Waals surface area contributed by atoms with Crippen LogP contribution in [0.3, 0.4) is 0 Å². The van der Waals surface area contributed by atoms with Crippen LogP contribution in [0.1, 0.15) is 22.4 Å². The molecule has 3 aromatic rings. The van der Waals surface area contributed by atoms with Crippen molar-refractivity contribution in [2.75, 3.05) is 0 Å². The van der Waals surface area contributed by atoms with Crippen LogP contribution in [0.15, 0.2) is 41.5 Å². The van der Waals surface area contributed by atoms with Gasteiger partial charge >= 0.3 is 0 Å². The quantitative estimate of drug-likeness (QED) is 0.736. The SMILES string of the molecule is Cc1sc2ncn(CCCc3ccccc3)c(=O)c2c1C. The maximum absolute atomic E-state index is 12.5. The molecule has 1 aromatic carbocycles. The summed E-state index contributed by atoms with van der Waals surface area (Å²) in [6, 6.07) is 10.4. The molecule has 0 aliphatic carbocycles.